The first kappa shape index (κ1) is 12.0. The lowest BCUT2D eigenvalue weighted by Crippen LogP contribution is -2.07. The summed E-state index contributed by atoms with van der Waals surface area (Å²) in [5.41, 5.74) is 3.30. The first-order valence-corrected chi connectivity index (χ1v) is 8.03. The van der Waals surface area contributed by atoms with Gasteiger partial charge in [-0.05, 0) is 41.3 Å². The summed E-state index contributed by atoms with van der Waals surface area (Å²) in [6.07, 6.45) is 8.97. The lowest BCUT2D eigenvalue weighted by Gasteiger charge is -2.12. The van der Waals surface area contributed by atoms with Gasteiger partial charge in [-0.15, -0.1) is 0 Å². The first-order valence-electron chi connectivity index (χ1n) is 7.09. The molecule has 1 aliphatic rings. The molecule has 1 N–H and O–H groups in total. The Morgan fingerprint density at radius 1 is 1.25 bits per heavy atom. The predicted molar refractivity (Wildman–Crippen MR) is 83.4 cm³/mol. The van der Waals surface area contributed by atoms with Crippen LogP contribution in [0.3, 0.4) is 0 Å². The van der Waals surface area contributed by atoms with Crippen LogP contribution in [-0.4, -0.2) is 9.55 Å². The van der Waals surface area contributed by atoms with Crippen LogP contribution in [0.1, 0.15) is 31.7 Å². The van der Waals surface area contributed by atoms with Crippen LogP contribution in [0.15, 0.2) is 40.1 Å². The molecular formula is C16H16N2OS. The highest BCUT2D eigenvalue weighted by molar-refractivity contribution is 7.08. The van der Waals surface area contributed by atoms with Crippen molar-refractivity contribution in [3.8, 4) is 11.1 Å². The number of nitrogens with one attached hydrogen (secondary N) is 1. The maximum Gasteiger partial charge on any atom is 0.258 e. The van der Waals surface area contributed by atoms with Gasteiger partial charge in [0.1, 0.15) is 0 Å². The maximum absolute atomic E-state index is 12.3. The zero-order valence-electron chi connectivity index (χ0n) is 11.1. The van der Waals surface area contributed by atoms with Crippen molar-refractivity contribution in [2.75, 3.05) is 0 Å². The Labute approximate surface area is 120 Å². The molecule has 0 aliphatic heterocycles. The molecule has 0 radical (unpaired) electrons. The van der Waals surface area contributed by atoms with Crippen molar-refractivity contribution in [2.24, 2.45) is 0 Å². The van der Waals surface area contributed by atoms with Crippen LogP contribution in [0.5, 0.6) is 0 Å². The molecule has 1 saturated carbocycles. The minimum Gasteiger partial charge on any atom is -0.344 e. The molecule has 0 unspecified atom stereocenters. The standard InChI is InChI=1S/C16H16N2OS/c19-16-15-13(11-6-8-20-10-11)9-18(12-3-1-2-4-12)14(15)5-7-17-16/h5-10,12H,1-4H2,(H,17,19). The van der Waals surface area contributed by atoms with Crippen LogP contribution in [0.2, 0.25) is 0 Å². The molecule has 3 heterocycles. The smallest absolute Gasteiger partial charge is 0.258 e. The zero-order valence-corrected chi connectivity index (χ0v) is 12.0. The number of fused-ring (bicyclic) bond motifs is 1. The second-order valence-electron chi connectivity index (χ2n) is 5.47. The summed E-state index contributed by atoms with van der Waals surface area (Å²) in [5.74, 6) is 0. The largest absolute Gasteiger partial charge is 0.344 e. The molecule has 3 aromatic heterocycles. The number of rotatable bonds is 2. The van der Waals surface area contributed by atoms with Gasteiger partial charge in [-0.25, -0.2) is 0 Å². The summed E-state index contributed by atoms with van der Waals surface area (Å²) in [6.45, 7) is 0. The monoisotopic (exact) mass is 284 g/mol. The Balaban J connectivity index is 2.02. The normalized spacial score (nSPS) is 16.2. The third-order valence-electron chi connectivity index (χ3n) is 4.30. The molecule has 102 valence electrons. The molecule has 0 spiro atoms. The summed E-state index contributed by atoms with van der Waals surface area (Å²) in [4.78, 5) is 15.1. The summed E-state index contributed by atoms with van der Waals surface area (Å²) in [7, 11) is 0. The maximum atomic E-state index is 12.3. The van der Waals surface area contributed by atoms with Gasteiger partial charge in [-0.2, -0.15) is 11.3 Å². The minimum absolute atomic E-state index is 0.0143. The van der Waals surface area contributed by atoms with E-state index in [1.807, 2.05) is 6.07 Å². The Morgan fingerprint density at radius 2 is 2.10 bits per heavy atom. The van der Waals surface area contributed by atoms with Gasteiger partial charge in [0.05, 0.1) is 10.9 Å². The highest BCUT2D eigenvalue weighted by Gasteiger charge is 2.21. The molecular weight excluding hydrogens is 268 g/mol. The number of nitrogens with zero attached hydrogens (tertiary/aromatic N) is 1. The van der Waals surface area contributed by atoms with E-state index in [-0.39, 0.29) is 5.56 Å². The van der Waals surface area contributed by atoms with Crippen molar-refractivity contribution in [1.29, 1.82) is 0 Å². The van der Waals surface area contributed by atoms with Gasteiger partial charge in [0.15, 0.2) is 0 Å². The quantitative estimate of drug-likeness (QED) is 0.753. The van der Waals surface area contributed by atoms with Crippen molar-refractivity contribution < 1.29 is 0 Å². The fraction of sp³-hybridized carbons (Fsp3) is 0.312. The van der Waals surface area contributed by atoms with Crippen LogP contribution in [-0.2, 0) is 0 Å². The average Bonchev–Trinajstić information content (AvgIpc) is 3.19. The van der Waals surface area contributed by atoms with Gasteiger partial charge in [0.2, 0.25) is 0 Å². The van der Waals surface area contributed by atoms with E-state index in [9.17, 15) is 4.79 Å². The first-order chi connectivity index (χ1) is 9.84. The van der Waals surface area contributed by atoms with Crippen LogP contribution < -0.4 is 5.56 Å². The summed E-state index contributed by atoms with van der Waals surface area (Å²) in [6, 6.07) is 4.67. The second kappa shape index (κ2) is 4.63. The molecule has 4 heteroatoms. The number of thiophene rings is 1. The lowest BCUT2D eigenvalue weighted by molar-refractivity contribution is 0.536. The minimum atomic E-state index is 0.0143. The Bertz CT molecular complexity index is 792. The predicted octanol–water partition coefficient (Wildman–Crippen LogP) is 4.17. The van der Waals surface area contributed by atoms with Crippen molar-refractivity contribution in [3.05, 3.63) is 45.6 Å². The number of aromatic nitrogens is 2. The molecule has 0 atom stereocenters. The third kappa shape index (κ3) is 1.75. The van der Waals surface area contributed by atoms with Gasteiger partial charge in [0.25, 0.3) is 5.56 Å². The molecule has 3 aromatic rings. The molecule has 20 heavy (non-hydrogen) atoms. The number of hydrogen-bond donors (Lipinski definition) is 1. The van der Waals surface area contributed by atoms with E-state index >= 15 is 0 Å². The highest BCUT2D eigenvalue weighted by atomic mass is 32.1. The van der Waals surface area contributed by atoms with Gasteiger partial charge in [-0.1, -0.05) is 12.8 Å². The fourth-order valence-electron chi connectivity index (χ4n) is 3.34. The Morgan fingerprint density at radius 3 is 2.85 bits per heavy atom. The van der Waals surface area contributed by atoms with Crippen LogP contribution in [0.25, 0.3) is 22.0 Å². The average molecular weight is 284 g/mol. The number of H-pyrrole nitrogens is 1. The van der Waals surface area contributed by atoms with E-state index in [0.29, 0.717) is 6.04 Å². The highest BCUT2D eigenvalue weighted by Crippen LogP contribution is 2.36. The molecule has 1 fully saturated rings. The SMILES string of the molecule is O=c1[nH]ccc2c1c(-c1ccsc1)cn2C1CCCC1. The molecule has 0 saturated heterocycles. The van der Waals surface area contributed by atoms with Crippen LogP contribution in [0.4, 0.5) is 0 Å². The van der Waals surface area contributed by atoms with Crippen molar-refractivity contribution in [2.45, 2.75) is 31.7 Å². The Kier molecular flexibility index (Phi) is 2.77. The van der Waals surface area contributed by atoms with Gasteiger partial charge in [-0.3, -0.25) is 4.79 Å². The fourth-order valence-corrected chi connectivity index (χ4v) is 3.99. The van der Waals surface area contributed by atoms with E-state index in [4.69, 9.17) is 0 Å². The van der Waals surface area contributed by atoms with Gasteiger partial charge >= 0.3 is 0 Å². The molecule has 3 nitrogen and oxygen atoms in total. The summed E-state index contributed by atoms with van der Waals surface area (Å²) < 4.78 is 2.32. The number of hydrogen-bond acceptors (Lipinski definition) is 2. The van der Waals surface area contributed by atoms with Crippen molar-refractivity contribution in [3.63, 3.8) is 0 Å². The van der Waals surface area contributed by atoms with Crippen LogP contribution in [0, 0.1) is 0 Å². The zero-order chi connectivity index (χ0) is 13.5. The number of aromatic amines is 1. The topological polar surface area (TPSA) is 37.8 Å². The van der Waals surface area contributed by atoms with E-state index < -0.39 is 0 Å². The van der Waals surface area contributed by atoms with Crippen molar-refractivity contribution >= 4 is 22.2 Å². The van der Waals surface area contributed by atoms with E-state index in [0.717, 1.165) is 22.0 Å². The summed E-state index contributed by atoms with van der Waals surface area (Å²) >= 11 is 1.67. The van der Waals surface area contributed by atoms with Crippen molar-refractivity contribution in [1.82, 2.24) is 9.55 Å². The molecule has 0 aromatic carbocycles. The van der Waals surface area contributed by atoms with E-state index in [2.05, 4.69) is 32.6 Å². The Hall–Kier alpha value is -1.81. The number of pyridine rings is 1. The van der Waals surface area contributed by atoms with Gasteiger partial charge < -0.3 is 9.55 Å². The molecule has 1 aliphatic carbocycles. The lowest BCUT2D eigenvalue weighted by atomic mass is 10.1. The summed E-state index contributed by atoms with van der Waals surface area (Å²) in [5, 5.41) is 5.00. The van der Waals surface area contributed by atoms with E-state index in [1.54, 1.807) is 17.5 Å². The third-order valence-corrected chi connectivity index (χ3v) is 4.99. The molecule has 0 amide bonds. The van der Waals surface area contributed by atoms with Crippen LogP contribution >= 0.6 is 11.3 Å². The second-order valence-corrected chi connectivity index (χ2v) is 6.25. The van der Waals surface area contributed by atoms with E-state index in [1.165, 1.54) is 25.7 Å². The molecule has 4 rings (SSSR count). The van der Waals surface area contributed by atoms with Gasteiger partial charge in [0, 0.05) is 24.0 Å². The molecule has 0 bridgehead atoms.